The molecule has 4 rings (SSSR count). The zero-order valence-corrected chi connectivity index (χ0v) is 20.1. The second-order valence-corrected chi connectivity index (χ2v) is 10.3. The van der Waals surface area contributed by atoms with E-state index in [1.54, 1.807) is 12.4 Å². The number of hydrogen-bond donors (Lipinski definition) is 3. The summed E-state index contributed by atoms with van der Waals surface area (Å²) < 4.78 is 0. The monoisotopic (exact) mass is 465 g/mol. The predicted octanol–water partition coefficient (Wildman–Crippen LogP) is 2.75. The van der Waals surface area contributed by atoms with Gasteiger partial charge in [-0.05, 0) is 60.5 Å². The van der Waals surface area contributed by atoms with Crippen LogP contribution in [0, 0.1) is 29.1 Å². The van der Waals surface area contributed by atoms with Gasteiger partial charge < -0.3 is 15.7 Å². The number of carbonyl (C=O) groups excluding carboxylic acids is 2. The molecule has 2 saturated carbocycles. The molecule has 7 atom stereocenters. The van der Waals surface area contributed by atoms with Gasteiger partial charge in [0.05, 0.1) is 12.3 Å². The number of hydrogen-bond acceptors (Lipinski definition) is 6. The van der Waals surface area contributed by atoms with Gasteiger partial charge in [0.15, 0.2) is 0 Å². The van der Waals surface area contributed by atoms with E-state index >= 15 is 0 Å². The number of carbonyl (C=O) groups is 2. The van der Waals surface area contributed by atoms with Gasteiger partial charge in [0.2, 0.25) is 5.91 Å². The largest absolute Gasteiger partial charge is 0.392 e. The first-order valence-electron chi connectivity index (χ1n) is 12.2. The Balaban J connectivity index is 1.42. The topological polar surface area (TPSA) is 117 Å². The quantitative estimate of drug-likeness (QED) is 0.604. The molecule has 2 aromatic heterocycles. The summed E-state index contributed by atoms with van der Waals surface area (Å²) in [6.07, 6.45) is 10.9. The van der Waals surface area contributed by atoms with Crippen LogP contribution in [0.2, 0.25) is 0 Å². The van der Waals surface area contributed by atoms with Gasteiger partial charge in [-0.3, -0.25) is 19.6 Å². The van der Waals surface area contributed by atoms with Crippen molar-refractivity contribution in [3.63, 3.8) is 0 Å². The highest BCUT2D eigenvalue weighted by molar-refractivity contribution is 5.92. The van der Waals surface area contributed by atoms with Crippen molar-refractivity contribution in [3.05, 3.63) is 54.4 Å². The first-order chi connectivity index (χ1) is 16.3. The van der Waals surface area contributed by atoms with E-state index in [2.05, 4.69) is 39.4 Å². The van der Waals surface area contributed by atoms with Gasteiger partial charge >= 0.3 is 0 Å². The van der Waals surface area contributed by atoms with Crippen molar-refractivity contribution < 1.29 is 14.7 Å². The molecule has 0 aromatic carbocycles. The van der Waals surface area contributed by atoms with E-state index in [-0.39, 0.29) is 46.9 Å². The fraction of sp³-hybridized carbons (Fsp3) is 0.577. The molecule has 0 aliphatic heterocycles. The highest BCUT2D eigenvalue weighted by Crippen LogP contribution is 2.55. The average Bonchev–Trinajstić information content (AvgIpc) is 2.85. The van der Waals surface area contributed by atoms with E-state index in [0.29, 0.717) is 12.2 Å². The Kier molecular flexibility index (Phi) is 7.26. The maximum absolute atomic E-state index is 12.9. The second kappa shape index (κ2) is 10.2. The molecule has 2 aliphatic carbocycles. The Labute approximate surface area is 201 Å². The number of pyridine rings is 1. The van der Waals surface area contributed by atoms with Crippen LogP contribution in [0.25, 0.3) is 0 Å². The van der Waals surface area contributed by atoms with E-state index in [9.17, 15) is 14.7 Å². The first-order valence-corrected chi connectivity index (χ1v) is 12.2. The fourth-order valence-electron chi connectivity index (χ4n) is 6.20. The summed E-state index contributed by atoms with van der Waals surface area (Å²) in [5, 5.41) is 17.7. The molecular formula is C26H35N5O3. The van der Waals surface area contributed by atoms with Crippen LogP contribution in [0.1, 0.15) is 62.5 Å². The van der Waals surface area contributed by atoms with Crippen LogP contribution in [-0.2, 0) is 11.3 Å². The average molecular weight is 466 g/mol. The lowest BCUT2D eigenvalue weighted by molar-refractivity contribution is -0.142. The number of nitrogens with one attached hydrogen (secondary N) is 2. The summed E-state index contributed by atoms with van der Waals surface area (Å²) in [4.78, 5) is 37.8. The highest BCUT2D eigenvalue weighted by atomic mass is 16.3. The SMILES string of the molecule is C[C@H]1[C@@H]2[C@@H](O)[C@H]([C@H](C)C(=O)NCc3cccnc3)CC[C@@]2(C)CC[C@@H]1NC(=O)c1cnccn1. The van der Waals surface area contributed by atoms with Gasteiger partial charge in [0.25, 0.3) is 5.91 Å². The van der Waals surface area contributed by atoms with Crippen molar-refractivity contribution in [3.8, 4) is 0 Å². The van der Waals surface area contributed by atoms with E-state index in [4.69, 9.17) is 0 Å². The predicted molar refractivity (Wildman–Crippen MR) is 127 cm³/mol. The molecule has 0 bridgehead atoms. The summed E-state index contributed by atoms with van der Waals surface area (Å²) in [5.41, 5.74) is 1.24. The van der Waals surface area contributed by atoms with Crippen LogP contribution < -0.4 is 10.6 Å². The van der Waals surface area contributed by atoms with Crippen LogP contribution in [0.4, 0.5) is 0 Å². The second-order valence-electron chi connectivity index (χ2n) is 10.3. The van der Waals surface area contributed by atoms with Crippen molar-refractivity contribution in [2.45, 2.75) is 65.1 Å². The zero-order valence-electron chi connectivity index (χ0n) is 20.1. The number of aliphatic hydroxyl groups excluding tert-OH is 1. The third-order valence-electron chi connectivity index (χ3n) is 8.25. The maximum Gasteiger partial charge on any atom is 0.271 e. The molecule has 0 saturated heterocycles. The molecule has 3 N–H and O–H groups in total. The van der Waals surface area contributed by atoms with Crippen LogP contribution in [0.5, 0.6) is 0 Å². The van der Waals surface area contributed by atoms with Crippen LogP contribution in [0.15, 0.2) is 43.1 Å². The van der Waals surface area contributed by atoms with Crippen molar-refractivity contribution in [2.24, 2.45) is 29.1 Å². The molecule has 2 amide bonds. The molecule has 2 aliphatic rings. The number of rotatable bonds is 6. The zero-order chi connectivity index (χ0) is 24.3. The maximum atomic E-state index is 12.9. The minimum Gasteiger partial charge on any atom is -0.392 e. The van der Waals surface area contributed by atoms with Crippen LogP contribution in [0.3, 0.4) is 0 Å². The Morgan fingerprint density at radius 3 is 2.65 bits per heavy atom. The first kappa shape index (κ1) is 24.3. The fourth-order valence-corrected chi connectivity index (χ4v) is 6.20. The van der Waals surface area contributed by atoms with E-state index in [1.807, 2.05) is 19.1 Å². The van der Waals surface area contributed by atoms with E-state index in [1.165, 1.54) is 18.6 Å². The van der Waals surface area contributed by atoms with Crippen LogP contribution in [-0.4, -0.2) is 44.0 Å². The summed E-state index contributed by atoms with van der Waals surface area (Å²) in [6.45, 7) is 6.70. The van der Waals surface area contributed by atoms with Gasteiger partial charge in [-0.25, -0.2) is 4.98 Å². The Morgan fingerprint density at radius 2 is 1.94 bits per heavy atom. The molecule has 0 radical (unpaired) electrons. The van der Waals surface area contributed by atoms with Crippen molar-refractivity contribution >= 4 is 11.8 Å². The third kappa shape index (κ3) is 4.97. The Bertz CT molecular complexity index is 988. The number of aromatic nitrogens is 3. The van der Waals surface area contributed by atoms with Gasteiger partial charge in [-0.15, -0.1) is 0 Å². The summed E-state index contributed by atoms with van der Waals surface area (Å²) in [5.74, 6) is -0.642. The van der Waals surface area contributed by atoms with E-state index < -0.39 is 6.10 Å². The summed E-state index contributed by atoms with van der Waals surface area (Å²) >= 11 is 0. The van der Waals surface area contributed by atoms with Crippen molar-refractivity contribution in [1.29, 1.82) is 0 Å². The van der Waals surface area contributed by atoms with Gasteiger partial charge in [-0.1, -0.05) is 26.8 Å². The number of amides is 2. The lowest BCUT2D eigenvalue weighted by atomic mass is 9.51. The molecule has 2 aromatic rings. The normalized spacial score (nSPS) is 31.7. The molecule has 8 nitrogen and oxygen atoms in total. The molecule has 8 heteroatoms. The third-order valence-corrected chi connectivity index (χ3v) is 8.25. The minimum absolute atomic E-state index is 0.000677. The molecule has 0 unspecified atom stereocenters. The number of nitrogens with zero attached hydrogens (tertiary/aromatic N) is 3. The highest BCUT2D eigenvalue weighted by Gasteiger charge is 2.53. The summed E-state index contributed by atoms with van der Waals surface area (Å²) in [7, 11) is 0. The lowest BCUT2D eigenvalue weighted by Crippen LogP contribution is -2.58. The smallest absolute Gasteiger partial charge is 0.271 e. The van der Waals surface area contributed by atoms with Gasteiger partial charge in [0.1, 0.15) is 5.69 Å². The Morgan fingerprint density at radius 1 is 1.18 bits per heavy atom. The van der Waals surface area contributed by atoms with Gasteiger partial charge in [0, 0.05) is 43.3 Å². The molecule has 0 spiro atoms. The van der Waals surface area contributed by atoms with Gasteiger partial charge in [-0.2, -0.15) is 0 Å². The standard InChI is InChI=1S/C26H35N5O3/c1-16(24(33)30-14-18-5-4-10-27-13-18)19-6-8-26(3)9-7-20(17(2)22(26)23(19)32)31-25(34)21-15-28-11-12-29-21/h4-5,10-13,15-17,19-20,22-23,32H,6-9,14H2,1-3H3,(H,30,33)(H,31,34)/t16-,17+,19-,20-,22+,23-,26-/m0/s1. The number of fused-ring (bicyclic) bond motifs is 1. The molecule has 182 valence electrons. The molecule has 2 heterocycles. The molecular weight excluding hydrogens is 430 g/mol. The minimum atomic E-state index is -0.607. The number of aliphatic hydroxyl groups is 1. The Hall–Kier alpha value is -2.87. The van der Waals surface area contributed by atoms with Crippen molar-refractivity contribution in [1.82, 2.24) is 25.6 Å². The lowest BCUT2D eigenvalue weighted by Gasteiger charge is -2.56. The van der Waals surface area contributed by atoms with E-state index in [0.717, 1.165) is 31.2 Å². The molecule has 2 fully saturated rings. The summed E-state index contributed by atoms with van der Waals surface area (Å²) in [6, 6.07) is 3.72. The van der Waals surface area contributed by atoms with Crippen molar-refractivity contribution in [2.75, 3.05) is 0 Å². The molecule has 34 heavy (non-hydrogen) atoms. The van der Waals surface area contributed by atoms with Crippen LogP contribution >= 0.6 is 0 Å².